The monoisotopic (exact) mass is 205 g/mol. The van der Waals surface area contributed by atoms with E-state index in [0.29, 0.717) is 0 Å². The Kier molecular flexibility index (Phi) is 8.38. The van der Waals surface area contributed by atoms with Crippen LogP contribution in [-0.2, 0) is 0 Å². The van der Waals surface area contributed by atoms with Gasteiger partial charge in [-0.25, -0.2) is 0 Å². The summed E-state index contributed by atoms with van der Waals surface area (Å²) < 4.78 is 0. The Morgan fingerprint density at radius 2 is 1.27 bits per heavy atom. The van der Waals surface area contributed by atoms with E-state index >= 15 is 0 Å². The molecule has 0 saturated heterocycles. The predicted molar refractivity (Wildman–Crippen MR) is 67.7 cm³/mol. The van der Waals surface area contributed by atoms with E-state index in [-0.39, 0.29) is 0 Å². The maximum atomic E-state index is 3.34. The summed E-state index contributed by atoms with van der Waals surface area (Å²) in [4.78, 5) is 0. The summed E-state index contributed by atoms with van der Waals surface area (Å²) in [5.74, 6) is 0. The van der Waals surface area contributed by atoms with Crippen LogP contribution in [0.5, 0.6) is 0 Å². The molecule has 85 valence electrons. The first-order valence-corrected chi connectivity index (χ1v) is 6.72. The van der Waals surface area contributed by atoms with Crippen LogP contribution >= 0.6 is 0 Å². The summed E-state index contributed by atoms with van der Waals surface area (Å²) in [6.07, 6.45) is 25.0. The number of hydrogen-bond acceptors (Lipinski definition) is 0. The molecule has 1 aliphatic carbocycles. The smallest absolute Gasteiger partial charge is 0.0276 e. The van der Waals surface area contributed by atoms with Crippen molar-refractivity contribution in [2.24, 2.45) is 0 Å². The first kappa shape index (κ1) is 12.5. The van der Waals surface area contributed by atoms with Crippen molar-refractivity contribution in [1.82, 2.24) is 0 Å². The van der Waals surface area contributed by atoms with Crippen molar-refractivity contribution in [3.05, 3.63) is 24.3 Å². The molecule has 0 heterocycles. The molecule has 15 heavy (non-hydrogen) atoms. The van der Waals surface area contributed by atoms with Crippen LogP contribution in [0.25, 0.3) is 0 Å². The minimum absolute atomic E-state index is 1.14. The van der Waals surface area contributed by atoms with Crippen LogP contribution in [0.4, 0.5) is 0 Å². The third-order valence-electron chi connectivity index (χ3n) is 3.04. The van der Waals surface area contributed by atoms with Crippen molar-refractivity contribution >= 4 is 0 Å². The fourth-order valence-corrected chi connectivity index (χ4v) is 2.04. The Labute approximate surface area is 95.5 Å². The van der Waals surface area contributed by atoms with E-state index in [9.17, 15) is 0 Å². The van der Waals surface area contributed by atoms with Gasteiger partial charge in [0.1, 0.15) is 0 Å². The van der Waals surface area contributed by atoms with Gasteiger partial charge in [0.05, 0.1) is 0 Å². The van der Waals surface area contributed by atoms with Gasteiger partial charge in [-0.2, -0.15) is 0 Å². The molecule has 0 heteroatoms. The highest BCUT2D eigenvalue weighted by atomic mass is 14.0. The second-order valence-corrected chi connectivity index (χ2v) is 4.52. The Bertz CT molecular complexity index is 156. The Morgan fingerprint density at radius 3 is 2.00 bits per heavy atom. The summed E-state index contributed by atoms with van der Waals surface area (Å²) in [5.41, 5.74) is 0. The Hall–Kier alpha value is -0.520. The third kappa shape index (κ3) is 8.47. The lowest BCUT2D eigenvalue weighted by molar-refractivity contribution is 0.561. The lowest BCUT2D eigenvalue weighted by Crippen LogP contribution is -1.81. The number of allylic oxidation sites excluding steroid dienone is 4. The van der Waals surface area contributed by atoms with E-state index in [0.717, 1.165) is 6.42 Å². The van der Waals surface area contributed by atoms with Gasteiger partial charge >= 0.3 is 0 Å². The standard InChI is InChI=1S/C15H25/c1-2-4-6-8-10-12-14-15-13-11-9-7-5-3-1/h1-3H,4,6-15H2/b2-1+,5-3?. The van der Waals surface area contributed by atoms with Crippen LogP contribution < -0.4 is 0 Å². The van der Waals surface area contributed by atoms with Crippen molar-refractivity contribution in [3.63, 3.8) is 0 Å². The quantitative estimate of drug-likeness (QED) is 0.509. The molecular weight excluding hydrogens is 180 g/mol. The normalized spacial score (nSPS) is 26.1. The second-order valence-electron chi connectivity index (χ2n) is 4.52. The minimum Gasteiger partial charge on any atom is -0.0845 e. The molecule has 0 nitrogen and oxygen atoms in total. The molecule has 0 aromatic rings. The first-order valence-electron chi connectivity index (χ1n) is 6.72. The highest BCUT2D eigenvalue weighted by molar-refractivity contribution is 4.98. The minimum atomic E-state index is 1.14. The van der Waals surface area contributed by atoms with Gasteiger partial charge in [-0.15, -0.1) is 0 Å². The third-order valence-corrected chi connectivity index (χ3v) is 3.04. The summed E-state index contributed by atoms with van der Waals surface area (Å²) in [6.45, 7) is 0. The molecule has 0 spiro atoms. The van der Waals surface area contributed by atoms with Gasteiger partial charge in [0.2, 0.25) is 0 Å². The Balaban J connectivity index is 2.16. The van der Waals surface area contributed by atoms with Crippen LogP contribution in [0.3, 0.4) is 0 Å². The molecule has 1 radical (unpaired) electrons. The Morgan fingerprint density at radius 1 is 0.667 bits per heavy atom. The van der Waals surface area contributed by atoms with Gasteiger partial charge in [-0.1, -0.05) is 63.2 Å². The van der Waals surface area contributed by atoms with Crippen LogP contribution in [0.15, 0.2) is 18.2 Å². The highest BCUT2D eigenvalue weighted by Gasteiger charge is 1.92. The van der Waals surface area contributed by atoms with E-state index in [2.05, 4.69) is 24.3 Å². The predicted octanol–water partition coefficient (Wildman–Crippen LogP) is 5.21. The van der Waals surface area contributed by atoms with Crippen molar-refractivity contribution in [1.29, 1.82) is 0 Å². The number of hydrogen-bond donors (Lipinski definition) is 0. The van der Waals surface area contributed by atoms with Crippen LogP contribution in [0.1, 0.15) is 70.6 Å². The van der Waals surface area contributed by atoms with Crippen molar-refractivity contribution in [2.75, 3.05) is 0 Å². The average Bonchev–Trinajstić information content (AvgIpc) is 2.27. The van der Waals surface area contributed by atoms with Crippen molar-refractivity contribution in [3.8, 4) is 0 Å². The van der Waals surface area contributed by atoms with E-state index in [1.54, 1.807) is 0 Å². The molecule has 0 fully saturated rings. The van der Waals surface area contributed by atoms with Crippen LogP contribution in [-0.4, -0.2) is 0 Å². The largest absolute Gasteiger partial charge is 0.0845 e. The van der Waals surface area contributed by atoms with Gasteiger partial charge < -0.3 is 0 Å². The van der Waals surface area contributed by atoms with Gasteiger partial charge in [0.15, 0.2) is 0 Å². The lowest BCUT2D eigenvalue weighted by Gasteiger charge is -2.00. The van der Waals surface area contributed by atoms with Crippen LogP contribution in [0.2, 0.25) is 0 Å². The van der Waals surface area contributed by atoms with Gasteiger partial charge in [-0.3, -0.25) is 0 Å². The molecule has 0 aliphatic heterocycles. The lowest BCUT2D eigenvalue weighted by atomic mass is 10.1. The van der Waals surface area contributed by atoms with Gasteiger partial charge in [0, 0.05) is 0 Å². The van der Waals surface area contributed by atoms with Crippen LogP contribution in [0, 0.1) is 6.08 Å². The average molecular weight is 205 g/mol. The topological polar surface area (TPSA) is 0 Å². The molecule has 1 aliphatic rings. The van der Waals surface area contributed by atoms with E-state index < -0.39 is 0 Å². The second kappa shape index (κ2) is 10.0. The first-order chi connectivity index (χ1) is 7.50. The SMILES string of the molecule is [C]1=C\C=C\CCCCCCCCCCC/1. The molecule has 0 aromatic carbocycles. The van der Waals surface area contributed by atoms with Gasteiger partial charge in [-0.05, 0) is 31.8 Å². The summed E-state index contributed by atoms with van der Waals surface area (Å²) in [6, 6.07) is 0. The zero-order valence-electron chi connectivity index (χ0n) is 10.0. The molecule has 0 unspecified atom stereocenters. The summed E-state index contributed by atoms with van der Waals surface area (Å²) >= 11 is 0. The van der Waals surface area contributed by atoms with Crippen molar-refractivity contribution < 1.29 is 0 Å². The van der Waals surface area contributed by atoms with Gasteiger partial charge in [0.25, 0.3) is 0 Å². The molecule has 1 rings (SSSR count). The molecule has 0 N–H and O–H groups in total. The molecule has 0 aromatic heterocycles. The fourth-order valence-electron chi connectivity index (χ4n) is 2.04. The van der Waals surface area contributed by atoms with Crippen molar-refractivity contribution in [2.45, 2.75) is 70.6 Å². The zero-order valence-corrected chi connectivity index (χ0v) is 10.0. The molecular formula is C15H25. The van der Waals surface area contributed by atoms with E-state index in [1.807, 2.05) is 0 Å². The highest BCUT2D eigenvalue weighted by Crippen LogP contribution is 2.12. The zero-order chi connectivity index (χ0) is 10.6. The molecule has 0 bridgehead atoms. The maximum Gasteiger partial charge on any atom is -0.0276 e. The summed E-state index contributed by atoms with van der Waals surface area (Å²) in [5, 5.41) is 0. The number of rotatable bonds is 0. The van der Waals surface area contributed by atoms with E-state index in [4.69, 9.17) is 0 Å². The fraction of sp³-hybridized carbons (Fsp3) is 0.733. The maximum absolute atomic E-state index is 3.34. The summed E-state index contributed by atoms with van der Waals surface area (Å²) in [7, 11) is 0. The molecule has 0 amide bonds. The molecule has 0 saturated carbocycles. The van der Waals surface area contributed by atoms with E-state index in [1.165, 1.54) is 64.2 Å². The molecule has 0 atom stereocenters.